The molecule has 1 unspecified atom stereocenters. The Morgan fingerprint density at radius 3 is 2.42 bits per heavy atom. The number of aryl methyl sites for hydroxylation is 1. The minimum absolute atomic E-state index is 0.0754. The third kappa shape index (κ3) is 3.18. The highest BCUT2D eigenvalue weighted by molar-refractivity contribution is 5.06. The van der Waals surface area contributed by atoms with E-state index < -0.39 is 0 Å². The van der Waals surface area contributed by atoms with E-state index in [9.17, 15) is 5.11 Å². The third-order valence-electron chi connectivity index (χ3n) is 4.65. The van der Waals surface area contributed by atoms with Crippen molar-refractivity contribution in [3.63, 3.8) is 0 Å². The Labute approximate surface area is 116 Å². The van der Waals surface area contributed by atoms with Crippen LogP contribution in [0.4, 0.5) is 0 Å². The van der Waals surface area contributed by atoms with Crippen LogP contribution in [0.3, 0.4) is 0 Å². The van der Waals surface area contributed by atoms with E-state index in [1.54, 1.807) is 4.68 Å². The second-order valence-electron chi connectivity index (χ2n) is 6.11. The molecule has 108 valence electrons. The van der Waals surface area contributed by atoms with Crippen molar-refractivity contribution in [2.45, 2.75) is 56.6 Å². The van der Waals surface area contributed by atoms with Crippen LogP contribution >= 0.6 is 0 Å². The SMILES string of the molecule is CN(C)C1(C(O)Cc2ccn(C)n2)CCCCCC1. The Bertz CT molecular complexity index is 392. The summed E-state index contributed by atoms with van der Waals surface area (Å²) in [6, 6.07) is 2.00. The minimum Gasteiger partial charge on any atom is -0.391 e. The van der Waals surface area contributed by atoms with Gasteiger partial charge < -0.3 is 10.0 Å². The molecule has 1 aromatic heterocycles. The molecule has 19 heavy (non-hydrogen) atoms. The first-order chi connectivity index (χ1) is 9.04. The lowest BCUT2D eigenvalue weighted by atomic mass is 9.81. The van der Waals surface area contributed by atoms with Crippen LogP contribution in [0.1, 0.15) is 44.2 Å². The number of hydrogen-bond acceptors (Lipinski definition) is 3. The standard InChI is InChI=1S/C15H27N3O/c1-17(2)15(9-6-4-5-7-10-15)14(19)12-13-8-11-18(3)16-13/h8,11,14,19H,4-7,9-10,12H2,1-3H3. The predicted octanol–water partition coefficient (Wildman–Crippen LogP) is 1.98. The summed E-state index contributed by atoms with van der Waals surface area (Å²) in [4.78, 5) is 2.24. The van der Waals surface area contributed by atoms with Gasteiger partial charge in [0.1, 0.15) is 0 Å². The van der Waals surface area contributed by atoms with E-state index in [-0.39, 0.29) is 11.6 Å². The molecule has 4 heteroatoms. The summed E-state index contributed by atoms with van der Waals surface area (Å²) in [6.07, 6.45) is 9.47. The maximum Gasteiger partial charge on any atom is 0.0779 e. The Morgan fingerprint density at radius 1 is 1.32 bits per heavy atom. The topological polar surface area (TPSA) is 41.3 Å². The average molecular weight is 265 g/mol. The minimum atomic E-state index is -0.338. The van der Waals surface area contributed by atoms with E-state index in [0.29, 0.717) is 6.42 Å². The van der Waals surface area contributed by atoms with E-state index in [1.807, 2.05) is 19.3 Å². The van der Waals surface area contributed by atoms with Crippen molar-refractivity contribution in [1.29, 1.82) is 0 Å². The average Bonchev–Trinajstić information content (AvgIpc) is 2.65. The maximum absolute atomic E-state index is 10.8. The molecule has 0 amide bonds. The molecule has 0 bridgehead atoms. The molecule has 1 atom stereocenters. The van der Waals surface area contributed by atoms with Crippen molar-refractivity contribution < 1.29 is 5.11 Å². The predicted molar refractivity (Wildman–Crippen MR) is 77.0 cm³/mol. The zero-order chi connectivity index (χ0) is 13.9. The Morgan fingerprint density at radius 2 is 1.95 bits per heavy atom. The Hall–Kier alpha value is -0.870. The second kappa shape index (κ2) is 6.06. The monoisotopic (exact) mass is 265 g/mol. The van der Waals surface area contributed by atoms with Gasteiger partial charge in [0.15, 0.2) is 0 Å². The van der Waals surface area contributed by atoms with Gasteiger partial charge in [-0.25, -0.2) is 0 Å². The molecule has 2 rings (SSSR count). The molecule has 0 saturated heterocycles. The van der Waals surface area contributed by atoms with Crippen molar-refractivity contribution >= 4 is 0 Å². The summed E-state index contributed by atoms with van der Waals surface area (Å²) in [5.74, 6) is 0. The highest BCUT2D eigenvalue weighted by atomic mass is 16.3. The van der Waals surface area contributed by atoms with Gasteiger partial charge in [-0.1, -0.05) is 25.7 Å². The summed E-state index contributed by atoms with van der Waals surface area (Å²) < 4.78 is 1.80. The molecule has 1 N–H and O–H groups in total. The highest BCUT2D eigenvalue weighted by Crippen LogP contribution is 2.35. The molecule has 1 aliphatic rings. The molecule has 0 radical (unpaired) electrons. The van der Waals surface area contributed by atoms with Crippen molar-refractivity contribution in [2.75, 3.05) is 14.1 Å². The summed E-state index contributed by atoms with van der Waals surface area (Å²) in [6.45, 7) is 0. The van der Waals surface area contributed by atoms with Crippen LogP contribution < -0.4 is 0 Å². The molecular formula is C15H27N3O. The molecule has 0 spiro atoms. The van der Waals surface area contributed by atoms with Gasteiger partial charge in [-0.15, -0.1) is 0 Å². The highest BCUT2D eigenvalue weighted by Gasteiger charge is 2.40. The largest absolute Gasteiger partial charge is 0.391 e. The summed E-state index contributed by atoms with van der Waals surface area (Å²) in [7, 11) is 6.13. The zero-order valence-electron chi connectivity index (χ0n) is 12.5. The fraction of sp³-hybridized carbons (Fsp3) is 0.800. The van der Waals surface area contributed by atoms with Crippen molar-refractivity contribution in [3.05, 3.63) is 18.0 Å². The molecule has 4 nitrogen and oxygen atoms in total. The number of hydrogen-bond donors (Lipinski definition) is 1. The first kappa shape index (κ1) is 14.5. The summed E-state index contributed by atoms with van der Waals surface area (Å²) in [5, 5.41) is 15.2. The van der Waals surface area contributed by atoms with Gasteiger partial charge in [-0.2, -0.15) is 5.10 Å². The molecule has 1 fully saturated rings. The molecule has 1 heterocycles. The molecule has 0 aliphatic heterocycles. The van der Waals surface area contributed by atoms with Gasteiger partial charge in [0.05, 0.1) is 11.8 Å². The fourth-order valence-corrected chi connectivity index (χ4v) is 3.38. The lowest BCUT2D eigenvalue weighted by molar-refractivity contribution is -0.0179. The molecule has 1 aromatic rings. The number of aliphatic hydroxyl groups excluding tert-OH is 1. The van der Waals surface area contributed by atoms with E-state index in [4.69, 9.17) is 0 Å². The fourth-order valence-electron chi connectivity index (χ4n) is 3.38. The quantitative estimate of drug-likeness (QED) is 0.846. The molecule has 1 saturated carbocycles. The van der Waals surface area contributed by atoms with Gasteiger partial charge in [0.2, 0.25) is 0 Å². The third-order valence-corrected chi connectivity index (χ3v) is 4.65. The van der Waals surface area contributed by atoms with Crippen molar-refractivity contribution in [1.82, 2.24) is 14.7 Å². The number of aliphatic hydroxyl groups is 1. The smallest absolute Gasteiger partial charge is 0.0779 e. The maximum atomic E-state index is 10.8. The second-order valence-corrected chi connectivity index (χ2v) is 6.11. The van der Waals surface area contributed by atoms with Gasteiger partial charge in [-0.3, -0.25) is 4.68 Å². The van der Waals surface area contributed by atoms with E-state index in [1.165, 1.54) is 25.7 Å². The zero-order valence-corrected chi connectivity index (χ0v) is 12.5. The van der Waals surface area contributed by atoms with E-state index in [0.717, 1.165) is 18.5 Å². The van der Waals surface area contributed by atoms with Crippen LogP contribution in [0.15, 0.2) is 12.3 Å². The number of rotatable bonds is 4. The van der Waals surface area contributed by atoms with Crippen molar-refractivity contribution in [3.8, 4) is 0 Å². The first-order valence-corrected chi connectivity index (χ1v) is 7.38. The van der Waals surface area contributed by atoms with E-state index in [2.05, 4.69) is 24.1 Å². The summed E-state index contributed by atoms with van der Waals surface area (Å²) >= 11 is 0. The lowest BCUT2D eigenvalue weighted by Crippen LogP contribution is -2.54. The summed E-state index contributed by atoms with van der Waals surface area (Å²) in [5.41, 5.74) is 0.911. The van der Waals surface area contributed by atoms with Gasteiger partial charge in [0, 0.05) is 25.2 Å². The first-order valence-electron chi connectivity index (χ1n) is 7.38. The number of likely N-dealkylation sites (N-methyl/N-ethyl adjacent to an activating group) is 1. The normalized spacial score (nSPS) is 21.3. The van der Waals surface area contributed by atoms with Crippen LogP contribution in [0, 0.1) is 0 Å². The van der Waals surface area contributed by atoms with Crippen LogP contribution in [-0.4, -0.2) is 45.5 Å². The van der Waals surface area contributed by atoms with Crippen LogP contribution in [-0.2, 0) is 13.5 Å². The lowest BCUT2D eigenvalue weighted by Gasteiger charge is -2.43. The number of aromatic nitrogens is 2. The van der Waals surface area contributed by atoms with Crippen LogP contribution in [0.5, 0.6) is 0 Å². The van der Waals surface area contributed by atoms with Crippen LogP contribution in [0.2, 0.25) is 0 Å². The molecule has 0 aromatic carbocycles. The van der Waals surface area contributed by atoms with E-state index >= 15 is 0 Å². The van der Waals surface area contributed by atoms with Gasteiger partial charge >= 0.3 is 0 Å². The van der Waals surface area contributed by atoms with Gasteiger partial charge in [0.25, 0.3) is 0 Å². The molecule has 1 aliphatic carbocycles. The van der Waals surface area contributed by atoms with Crippen LogP contribution in [0.25, 0.3) is 0 Å². The van der Waals surface area contributed by atoms with Crippen molar-refractivity contribution in [2.24, 2.45) is 7.05 Å². The Balaban J connectivity index is 2.13. The van der Waals surface area contributed by atoms with Gasteiger partial charge in [-0.05, 0) is 33.0 Å². The molecular weight excluding hydrogens is 238 g/mol. The Kier molecular flexibility index (Phi) is 4.63. The number of nitrogens with zero attached hydrogens (tertiary/aromatic N) is 3.